The number of rotatable bonds is 6. The minimum atomic E-state index is -0.131. The van der Waals surface area contributed by atoms with E-state index in [2.05, 4.69) is 10.3 Å². The van der Waals surface area contributed by atoms with E-state index in [0.29, 0.717) is 25.3 Å². The molecule has 0 radical (unpaired) electrons. The van der Waals surface area contributed by atoms with Crippen molar-refractivity contribution in [2.75, 3.05) is 20.1 Å². The molecule has 0 saturated heterocycles. The van der Waals surface area contributed by atoms with Crippen molar-refractivity contribution in [1.29, 1.82) is 0 Å². The van der Waals surface area contributed by atoms with Gasteiger partial charge in [0.05, 0.1) is 12.7 Å². The van der Waals surface area contributed by atoms with Crippen molar-refractivity contribution in [2.24, 2.45) is 11.1 Å². The molecule has 0 unspecified atom stereocenters. The van der Waals surface area contributed by atoms with E-state index in [-0.39, 0.29) is 11.3 Å². The lowest BCUT2D eigenvalue weighted by Gasteiger charge is -2.28. The summed E-state index contributed by atoms with van der Waals surface area (Å²) in [5.41, 5.74) is 5.95. The molecule has 0 aromatic carbocycles. The number of hydrogen-bond acceptors (Lipinski definition) is 5. The van der Waals surface area contributed by atoms with Crippen molar-refractivity contribution in [3.8, 4) is 0 Å². The third-order valence-electron chi connectivity index (χ3n) is 3.22. The highest BCUT2D eigenvalue weighted by atomic mass is 32.1. The molecule has 2 heterocycles. The first-order valence-corrected chi connectivity index (χ1v) is 7.67. The Morgan fingerprint density at radius 3 is 2.90 bits per heavy atom. The summed E-state index contributed by atoms with van der Waals surface area (Å²) in [6, 6.07) is 4.02. The van der Waals surface area contributed by atoms with E-state index in [1.54, 1.807) is 34.2 Å². The summed E-state index contributed by atoms with van der Waals surface area (Å²) in [5, 5.41) is 10.00. The summed E-state index contributed by atoms with van der Waals surface area (Å²) < 4.78 is 1.68. The molecule has 2 aromatic heterocycles. The van der Waals surface area contributed by atoms with Crippen molar-refractivity contribution < 1.29 is 4.79 Å². The van der Waals surface area contributed by atoms with Crippen LogP contribution in [0.15, 0.2) is 23.7 Å². The number of nitrogens with zero attached hydrogens (tertiary/aromatic N) is 4. The standard InChI is InChI=1S/C14H21N5OS/c1-14(2,9-15)10-18(3)13(20)12-8-19(17-16-12)7-11-5-4-6-21-11/h4-6,8H,7,9-10,15H2,1-3H3. The van der Waals surface area contributed by atoms with Crippen LogP contribution in [0.1, 0.15) is 29.2 Å². The molecule has 0 bridgehead atoms. The van der Waals surface area contributed by atoms with Crippen molar-refractivity contribution in [1.82, 2.24) is 19.9 Å². The second kappa shape index (κ2) is 6.36. The zero-order chi connectivity index (χ0) is 15.5. The molecule has 114 valence electrons. The highest BCUT2D eigenvalue weighted by Gasteiger charge is 2.23. The SMILES string of the molecule is CN(CC(C)(C)CN)C(=O)c1cn(Cc2cccs2)nn1. The Kier molecular flexibility index (Phi) is 4.74. The molecule has 1 amide bonds. The van der Waals surface area contributed by atoms with Crippen molar-refractivity contribution in [2.45, 2.75) is 20.4 Å². The lowest BCUT2D eigenvalue weighted by molar-refractivity contribution is 0.0734. The number of nitrogens with two attached hydrogens (primary N) is 1. The molecule has 21 heavy (non-hydrogen) atoms. The van der Waals surface area contributed by atoms with Crippen molar-refractivity contribution >= 4 is 17.2 Å². The molecular formula is C14H21N5OS. The summed E-state index contributed by atoms with van der Waals surface area (Å²) in [6.45, 7) is 5.81. The van der Waals surface area contributed by atoms with Gasteiger partial charge in [0.1, 0.15) is 0 Å². The predicted molar refractivity (Wildman–Crippen MR) is 83.2 cm³/mol. The average molecular weight is 307 g/mol. The number of aromatic nitrogens is 3. The topological polar surface area (TPSA) is 77.0 Å². The largest absolute Gasteiger partial charge is 0.340 e. The number of thiophene rings is 1. The van der Waals surface area contributed by atoms with E-state index in [0.717, 1.165) is 0 Å². The fraction of sp³-hybridized carbons (Fsp3) is 0.500. The average Bonchev–Trinajstić information content (AvgIpc) is 3.09. The van der Waals surface area contributed by atoms with Gasteiger partial charge in [0.2, 0.25) is 0 Å². The van der Waals surface area contributed by atoms with E-state index in [1.807, 2.05) is 31.4 Å². The summed E-state index contributed by atoms with van der Waals surface area (Å²) >= 11 is 1.65. The fourth-order valence-electron chi connectivity index (χ4n) is 2.01. The smallest absolute Gasteiger partial charge is 0.275 e. The van der Waals surface area contributed by atoms with Gasteiger partial charge in [-0.05, 0) is 23.4 Å². The second-order valence-electron chi connectivity index (χ2n) is 5.91. The summed E-state index contributed by atoms with van der Waals surface area (Å²) in [7, 11) is 1.76. The molecular weight excluding hydrogens is 286 g/mol. The van der Waals surface area contributed by atoms with Gasteiger partial charge in [0.15, 0.2) is 5.69 Å². The molecule has 0 saturated carbocycles. The van der Waals surface area contributed by atoms with Crippen LogP contribution in [-0.2, 0) is 6.54 Å². The lowest BCUT2D eigenvalue weighted by Crippen LogP contribution is -2.39. The van der Waals surface area contributed by atoms with Crippen LogP contribution in [0.3, 0.4) is 0 Å². The maximum Gasteiger partial charge on any atom is 0.275 e. The van der Waals surface area contributed by atoms with Gasteiger partial charge < -0.3 is 10.6 Å². The van der Waals surface area contributed by atoms with Crippen LogP contribution >= 0.6 is 11.3 Å². The summed E-state index contributed by atoms with van der Waals surface area (Å²) in [5.74, 6) is -0.131. The van der Waals surface area contributed by atoms with Crippen LogP contribution in [-0.4, -0.2) is 45.9 Å². The first kappa shape index (κ1) is 15.7. The third-order valence-corrected chi connectivity index (χ3v) is 4.08. The summed E-state index contributed by atoms with van der Waals surface area (Å²) in [4.78, 5) is 15.1. The second-order valence-corrected chi connectivity index (χ2v) is 6.94. The fourth-order valence-corrected chi connectivity index (χ4v) is 2.71. The van der Waals surface area contributed by atoms with Gasteiger partial charge in [-0.3, -0.25) is 4.79 Å². The van der Waals surface area contributed by atoms with Crippen LogP contribution in [0.5, 0.6) is 0 Å². The highest BCUT2D eigenvalue weighted by Crippen LogP contribution is 2.15. The molecule has 0 aliphatic heterocycles. The quantitative estimate of drug-likeness (QED) is 0.876. The normalized spacial score (nSPS) is 11.6. The Labute approximate surface area is 128 Å². The molecule has 0 fully saturated rings. The lowest BCUT2D eigenvalue weighted by atomic mass is 9.93. The van der Waals surface area contributed by atoms with Gasteiger partial charge in [-0.25, -0.2) is 4.68 Å². The van der Waals surface area contributed by atoms with Crippen LogP contribution in [0, 0.1) is 5.41 Å². The zero-order valence-corrected chi connectivity index (χ0v) is 13.4. The predicted octanol–water partition coefficient (Wildman–Crippen LogP) is 1.44. The van der Waals surface area contributed by atoms with E-state index in [4.69, 9.17) is 5.73 Å². The Morgan fingerprint density at radius 1 is 1.52 bits per heavy atom. The first-order chi connectivity index (χ1) is 9.91. The van der Waals surface area contributed by atoms with E-state index >= 15 is 0 Å². The van der Waals surface area contributed by atoms with Gasteiger partial charge in [-0.15, -0.1) is 16.4 Å². The summed E-state index contributed by atoms with van der Waals surface area (Å²) in [6.07, 6.45) is 1.69. The van der Waals surface area contributed by atoms with E-state index < -0.39 is 0 Å². The van der Waals surface area contributed by atoms with Crippen LogP contribution in [0.2, 0.25) is 0 Å². The molecule has 0 atom stereocenters. The first-order valence-electron chi connectivity index (χ1n) is 6.79. The Morgan fingerprint density at radius 2 is 2.29 bits per heavy atom. The molecule has 2 N–H and O–H groups in total. The number of carbonyl (C=O) groups is 1. The maximum atomic E-state index is 12.3. The van der Waals surface area contributed by atoms with Crippen LogP contribution in [0.25, 0.3) is 0 Å². The van der Waals surface area contributed by atoms with E-state index in [1.165, 1.54) is 4.88 Å². The van der Waals surface area contributed by atoms with Gasteiger partial charge in [0, 0.05) is 18.5 Å². The molecule has 6 nitrogen and oxygen atoms in total. The molecule has 7 heteroatoms. The van der Waals surface area contributed by atoms with E-state index in [9.17, 15) is 4.79 Å². The molecule has 0 spiro atoms. The number of carbonyl (C=O) groups excluding carboxylic acids is 1. The highest BCUT2D eigenvalue weighted by molar-refractivity contribution is 7.09. The molecule has 2 aromatic rings. The van der Waals surface area contributed by atoms with Crippen LogP contribution in [0.4, 0.5) is 0 Å². The molecule has 2 rings (SSSR count). The van der Waals surface area contributed by atoms with Crippen LogP contribution < -0.4 is 5.73 Å². The van der Waals surface area contributed by atoms with Gasteiger partial charge >= 0.3 is 0 Å². The van der Waals surface area contributed by atoms with Gasteiger partial charge in [0.25, 0.3) is 5.91 Å². The van der Waals surface area contributed by atoms with Crippen molar-refractivity contribution in [3.63, 3.8) is 0 Å². The van der Waals surface area contributed by atoms with Crippen molar-refractivity contribution in [3.05, 3.63) is 34.3 Å². The minimum absolute atomic E-state index is 0.114. The zero-order valence-electron chi connectivity index (χ0n) is 12.6. The minimum Gasteiger partial charge on any atom is -0.340 e. The molecule has 0 aliphatic rings. The third kappa shape index (κ3) is 4.12. The Hall–Kier alpha value is -1.73. The Balaban J connectivity index is 2.01. The monoisotopic (exact) mass is 307 g/mol. The van der Waals surface area contributed by atoms with Gasteiger partial charge in [-0.2, -0.15) is 0 Å². The maximum absolute atomic E-state index is 12.3. The number of amides is 1. The van der Waals surface area contributed by atoms with Gasteiger partial charge in [-0.1, -0.05) is 25.1 Å². The number of hydrogen-bond donors (Lipinski definition) is 1. The Bertz CT molecular complexity index is 590. The molecule has 0 aliphatic carbocycles.